The number of hydrogen-bond donors (Lipinski definition) is 2. The van der Waals surface area contributed by atoms with E-state index in [-0.39, 0.29) is 19.0 Å². The monoisotopic (exact) mass is 235 g/mol. The number of carbonyl (C=O) groups is 2. The summed E-state index contributed by atoms with van der Waals surface area (Å²) in [6.07, 6.45) is 0. The lowest BCUT2D eigenvalue weighted by molar-refractivity contribution is -0.134. The zero-order valence-electron chi connectivity index (χ0n) is 9.80. The van der Waals surface area contributed by atoms with Gasteiger partial charge < -0.3 is 16.4 Å². The van der Waals surface area contributed by atoms with Gasteiger partial charge in [-0.15, -0.1) is 0 Å². The van der Waals surface area contributed by atoms with Crippen LogP contribution in [0.1, 0.15) is 11.5 Å². The van der Waals surface area contributed by atoms with Gasteiger partial charge in [0, 0.05) is 13.6 Å². The molecule has 0 spiro atoms. The number of nitrogens with zero attached hydrogens (tertiary/aromatic N) is 1. The van der Waals surface area contributed by atoms with Crippen LogP contribution in [-0.4, -0.2) is 36.9 Å². The maximum atomic E-state index is 12.0. The summed E-state index contributed by atoms with van der Waals surface area (Å²) in [5.74, 6) is -1.16. The number of rotatable bonds is 5. The molecule has 17 heavy (non-hydrogen) atoms. The van der Waals surface area contributed by atoms with E-state index in [0.717, 1.165) is 5.56 Å². The molecule has 5 heteroatoms. The maximum absolute atomic E-state index is 12.0. The first-order valence-electron chi connectivity index (χ1n) is 5.34. The molecule has 2 amide bonds. The van der Waals surface area contributed by atoms with Crippen LogP contribution >= 0.6 is 0 Å². The molecule has 92 valence electrons. The standard InChI is InChI=1S/C12H17N3O2/c1-15(8-11(14)16)12(17)10(7-13)9-5-3-2-4-6-9/h2-6,10H,7-8,13H2,1H3,(H2,14,16). The Morgan fingerprint density at radius 3 is 2.35 bits per heavy atom. The Labute approximate surface area is 100 Å². The maximum Gasteiger partial charge on any atom is 0.237 e. The molecule has 0 aromatic heterocycles. The second kappa shape index (κ2) is 6.00. The van der Waals surface area contributed by atoms with Gasteiger partial charge in [-0.1, -0.05) is 30.3 Å². The molecule has 1 aromatic rings. The van der Waals surface area contributed by atoms with Crippen molar-refractivity contribution in [3.8, 4) is 0 Å². The van der Waals surface area contributed by atoms with Crippen molar-refractivity contribution in [3.05, 3.63) is 35.9 Å². The van der Waals surface area contributed by atoms with Crippen molar-refractivity contribution in [3.63, 3.8) is 0 Å². The average Bonchev–Trinajstić information content (AvgIpc) is 2.30. The van der Waals surface area contributed by atoms with Crippen molar-refractivity contribution in [1.29, 1.82) is 0 Å². The first-order valence-corrected chi connectivity index (χ1v) is 5.34. The lowest BCUT2D eigenvalue weighted by Gasteiger charge is -2.21. The summed E-state index contributed by atoms with van der Waals surface area (Å²) in [6.45, 7) is 0.105. The number of nitrogens with two attached hydrogens (primary N) is 2. The average molecular weight is 235 g/mol. The number of benzene rings is 1. The molecule has 1 aromatic carbocycles. The third-order valence-electron chi connectivity index (χ3n) is 2.50. The van der Waals surface area contributed by atoms with Gasteiger partial charge in [-0.25, -0.2) is 0 Å². The fraction of sp³-hybridized carbons (Fsp3) is 0.333. The van der Waals surface area contributed by atoms with Gasteiger partial charge >= 0.3 is 0 Å². The van der Waals surface area contributed by atoms with Crippen LogP contribution in [-0.2, 0) is 9.59 Å². The fourth-order valence-electron chi connectivity index (χ4n) is 1.64. The van der Waals surface area contributed by atoms with Crippen LogP contribution in [0.2, 0.25) is 0 Å². The van der Waals surface area contributed by atoms with Gasteiger partial charge in [0.25, 0.3) is 0 Å². The first kappa shape index (κ1) is 13.2. The predicted octanol–water partition coefficient (Wildman–Crippen LogP) is -0.327. The fourth-order valence-corrected chi connectivity index (χ4v) is 1.64. The van der Waals surface area contributed by atoms with Crippen LogP contribution in [0.25, 0.3) is 0 Å². The predicted molar refractivity (Wildman–Crippen MR) is 65.1 cm³/mol. The molecule has 0 aliphatic carbocycles. The molecule has 0 aliphatic heterocycles. The molecule has 0 heterocycles. The minimum Gasteiger partial charge on any atom is -0.368 e. The van der Waals surface area contributed by atoms with Gasteiger partial charge in [-0.2, -0.15) is 0 Å². The van der Waals surface area contributed by atoms with Crippen molar-refractivity contribution in [2.75, 3.05) is 20.1 Å². The Kier molecular flexibility index (Phi) is 4.66. The Hall–Kier alpha value is -1.88. The van der Waals surface area contributed by atoms with E-state index in [1.54, 1.807) is 7.05 Å². The Morgan fingerprint density at radius 1 is 1.29 bits per heavy atom. The third-order valence-corrected chi connectivity index (χ3v) is 2.50. The highest BCUT2D eigenvalue weighted by molar-refractivity contribution is 5.88. The summed E-state index contributed by atoms with van der Waals surface area (Å²) >= 11 is 0. The molecule has 0 saturated heterocycles. The lowest BCUT2D eigenvalue weighted by atomic mass is 9.98. The van der Waals surface area contributed by atoms with Crippen LogP contribution in [0.4, 0.5) is 0 Å². The summed E-state index contributed by atoms with van der Waals surface area (Å²) < 4.78 is 0. The van der Waals surface area contributed by atoms with Crippen molar-refractivity contribution in [1.82, 2.24) is 4.90 Å². The Morgan fingerprint density at radius 2 is 1.88 bits per heavy atom. The molecule has 0 radical (unpaired) electrons. The minimum absolute atomic E-state index is 0.0951. The zero-order valence-corrected chi connectivity index (χ0v) is 9.80. The summed E-state index contributed by atoms with van der Waals surface area (Å²) in [7, 11) is 1.54. The molecule has 1 unspecified atom stereocenters. The summed E-state index contributed by atoms with van der Waals surface area (Å²) in [5.41, 5.74) is 11.5. The van der Waals surface area contributed by atoms with Gasteiger partial charge in [0.2, 0.25) is 11.8 Å². The highest BCUT2D eigenvalue weighted by atomic mass is 16.2. The van der Waals surface area contributed by atoms with E-state index in [9.17, 15) is 9.59 Å². The summed E-state index contributed by atoms with van der Waals surface area (Å²) in [6, 6.07) is 9.24. The summed E-state index contributed by atoms with van der Waals surface area (Å²) in [4.78, 5) is 24.1. The normalized spacial score (nSPS) is 11.9. The van der Waals surface area contributed by atoms with E-state index in [2.05, 4.69) is 0 Å². The van der Waals surface area contributed by atoms with Gasteiger partial charge in [0.05, 0.1) is 12.5 Å². The van der Waals surface area contributed by atoms with Crippen LogP contribution in [0, 0.1) is 0 Å². The molecular formula is C12H17N3O2. The van der Waals surface area contributed by atoms with Crippen molar-refractivity contribution < 1.29 is 9.59 Å². The van der Waals surface area contributed by atoms with Crippen molar-refractivity contribution in [2.45, 2.75) is 5.92 Å². The second-order valence-corrected chi connectivity index (χ2v) is 3.86. The molecule has 0 aliphatic rings. The molecule has 1 rings (SSSR count). The van der Waals surface area contributed by atoms with E-state index in [4.69, 9.17) is 11.5 Å². The third kappa shape index (κ3) is 3.57. The smallest absolute Gasteiger partial charge is 0.237 e. The number of primary amides is 1. The van der Waals surface area contributed by atoms with Crippen molar-refractivity contribution in [2.24, 2.45) is 11.5 Å². The zero-order chi connectivity index (χ0) is 12.8. The first-order chi connectivity index (χ1) is 8.06. The van der Waals surface area contributed by atoms with E-state index >= 15 is 0 Å². The largest absolute Gasteiger partial charge is 0.368 e. The topological polar surface area (TPSA) is 89.4 Å². The van der Waals surface area contributed by atoms with E-state index in [0.29, 0.717) is 0 Å². The van der Waals surface area contributed by atoms with Gasteiger partial charge in [-0.3, -0.25) is 9.59 Å². The van der Waals surface area contributed by atoms with E-state index in [1.165, 1.54) is 4.90 Å². The molecule has 0 bridgehead atoms. The number of carbonyl (C=O) groups excluding carboxylic acids is 2. The highest BCUT2D eigenvalue weighted by Gasteiger charge is 2.22. The van der Waals surface area contributed by atoms with Crippen molar-refractivity contribution >= 4 is 11.8 Å². The highest BCUT2D eigenvalue weighted by Crippen LogP contribution is 2.16. The van der Waals surface area contributed by atoms with Crippen LogP contribution in [0.15, 0.2) is 30.3 Å². The van der Waals surface area contributed by atoms with E-state index < -0.39 is 11.8 Å². The Bertz CT molecular complexity index is 392. The molecule has 0 saturated carbocycles. The quantitative estimate of drug-likeness (QED) is 0.732. The molecule has 4 N–H and O–H groups in total. The van der Waals surface area contributed by atoms with Crippen LogP contribution < -0.4 is 11.5 Å². The SMILES string of the molecule is CN(CC(N)=O)C(=O)C(CN)c1ccccc1. The van der Waals surface area contributed by atoms with Crippen LogP contribution in [0.5, 0.6) is 0 Å². The summed E-state index contributed by atoms with van der Waals surface area (Å²) in [5, 5.41) is 0. The van der Waals surface area contributed by atoms with Gasteiger partial charge in [0.1, 0.15) is 0 Å². The minimum atomic E-state index is -0.537. The molecular weight excluding hydrogens is 218 g/mol. The van der Waals surface area contributed by atoms with Gasteiger partial charge in [0.15, 0.2) is 0 Å². The van der Waals surface area contributed by atoms with E-state index in [1.807, 2.05) is 30.3 Å². The molecule has 5 nitrogen and oxygen atoms in total. The number of hydrogen-bond acceptors (Lipinski definition) is 3. The second-order valence-electron chi connectivity index (χ2n) is 3.86. The number of amides is 2. The van der Waals surface area contributed by atoms with Gasteiger partial charge in [-0.05, 0) is 5.56 Å². The molecule has 1 atom stereocenters. The lowest BCUT2D eigenvalue weighted by Crippen LogP contribution is -2.40. The number of likely N-dealkylation sites (N-methyl/N-ethyl adjacent to an activating group) is 1. The Balaban J connectivity index is 2.81. The molecule has 0 fully saturated rings. The van der Waals surface area contributed by atoms with Crippen LogP contribution in [0.3, 0.4) is 0 Å².